The van der Waals surface area contributed by atoms with Crippen molar-refractivity contribution in [3.63, 3.8) is 0 Å². The molecule has 2 aromatic heterocycles. The second-order valence-corrected chi connectivity index (χ2v) is 7.80. The standard InChI is InChI=1S/C19H22N4O2S/c1-12-9-15-17(10-13(12)2)26-19(21-15)23(11-14-5-4-8-25-14)18(24)16-6-7-20-22(16)3/h6-7,9-10,14H,4-5,8,11H2,1-3H3/t14-/m1/s1. The highest BCUT2D eigenvalue weighted by atomic mass is 32.1. The first-order valence-electron chi connectivity index (χ1n) is 8.82. The van der Waals surface area contributed by atoms with Gasteiger partial charge in [-0.25, -0.2) is 4.98 Å². The fourth-order valence-electron chi connectivity index (χ4n) is 3.25. The van der Waals surface area contributed by atoms with Gasteiger partial charge in [-0.05, 0) is 56.0 Å². The van der Waals surface area contributed by atoms with Crippen molar-refractivity contribution < 1.29 is 9.53 Å². The van der Waals surface area contributed by atoms with Crippen molar-refractivity contribution in [2.45, 2.75) is 32.8 Å². The highest BCUT2D eigenvalue weighted by Crippen LogP contribution is 2.32. The van der Waals surface area contributed by atoms with Gasteiger partial charge in [0, 0.05) is 19.9 Å². The molecule has 7 heteroatoms. The number of fused-ring (bicyclic) bond motifs is 1. The number of aryl methyl sites for hydroxylation is 3. The first-order valence-corrected chi connectivity index (χ1v) is 9.64. The monoisotopic (exact) mass is 370 g/mol. The number of aromatic nitrogens is 3. The third-order valence-corrected chi connectivity index (χ3v) is 5.96. The fourth-order valence-corrected chi connectivity index (χ4v) is 4.30. The van der Waals surface area contributed by atoms with Gasteiger partial charge in [-0.3, -0.25) is 14.4 Å². The van der Waals surface area contributed by atoms with Crippen molar-refractivity contribution in [3.8, 4) is 0 Å². The number of nitrogens with zero attached hydrogens (tertiary/aromatic N) is 4. The molecule has 4 rings (SSSR count). The maximum Gasteiger partial charge on any atom is 0.278 e. The van der Waals surface area contributed by atoms with E-state index in [1.54, 1.807) is 40.2 Å². The van der Waals surface area contributed by atoms with E-state index in [2.05, 4.69) is 31.1 Å². The van der Waals surface area contributed by atoms with Crippen molar-refractivity contribution in [1.82, 2.24) is 14.8 Å². The van der Waals surface area contributed by atoms with Crippen molar-refractivity contribution in [2.75, 3.05) is 18.1 Å². The molecule has 0 radical (unpaired) electrons. The number of amides is 1. The Balaban J connectivity index is 1.74. The third kappa shape index (κ3) is 3.12. The fraction of sp³-hybridized carbons (Fsp3) is 0.421. The summed E-state index contributed by atoms with van der Waals surface area (Å²) in [6.07, 6.45) is 3.71. The van der Waals surface area contributed by atoms with E-state index in [4.69, 9.17) is 9.72 Å². The topological polar surface area (TPSA) is 60.3 Å². The van der Waals surface area contributed by atoms with Crippen LogP contribution in [0.3, 0.4) is 0 Å². The van der Waals surface area contributed by atoms with Crippen LogP contribution in [0.2, 0.25) is 0 Å². The van der Waals surface area contributed by atoms with E-state index in [1.807, 2.05) is 0 Å². The lowest BCUT2D eigenvalue weighted by Crippen LogP contribution is -2.38. The second-order valence-electron chi connectivity index (χ2n) is 6.79. The Labute approximate surface area is 156 Å². The van der Waals surface area contributed by atoms with Crippen molar-refractivity contribution in [2.24, 2.45) is 7.05 Å². The molecule has 1 aliphatic heterocycles. The van der Waals surface area contributed by atoms with Crippen LogP contribution in [-0.4, -0.2) is 39.9 Å². The van der Waals surface area contributed by atoms with Gasteiger partial charge in [0.05, 0.1) is 22.9 Å². The quantitative estimate of drug-likeness (QED) is 0.705. The smallest absolute Gasteiger partial charge is 0.278 e. The molecule has 6 nitrogen and oxygen atoms in total. The van der Waals surface area contributed by atoms with Gasteiger partial charge in [0.15, 0.2) is 5.13 Å². The highest BCUT2D eigenvalue weighted by molar-refractivity contribution is 7.22. The van der Waals surface area contributed by atoms with E-state index in [1.165, 1.54) is 11.1 Å². The number of carbonyl (C=O) groups is 1. The molecule has 1 amide bonds. The van der Waals surface area contributed by atoms with Crippen LogP contribution >= 0.6 is 11.3 Å². The van der Waals surface area contributed by atoms with E-state index < -0.39 is 0 Å². The predicted octanol–water partition coefficient (Wildman–Crippen LogP) is 3.47. The lowest BCUT2D eigenvalue weighted by molar-refractivity contribution is 0.0910. The Morgan fingerprint density at radius 1 is 1.38 bits per heavy atom. The number of anilines is 1. The van der Waals surface area contributed by atoms with E-state index in [0.717, 1.165) is 29.7 Å². The molecular weight excluding hydrogens is 348 g/mol. The van der Waals surface area contributed by atoms with Gasteiger partial charge >= 0.3 is 0 Å². The molecule has 136 valence electrons. The van der Waals surface area contributed by atoms with Crippen LogP contribution in [0.5, 0.6) is 0 Å². The number of thiazole rings is 1. The maximum atomic E-state index is 13.2. The Hall–Kier alpha value is -2.25. The summed E-state index contributed by atoms with van der Waals surface area (Å²) in [6, 6.07) is 5.97. The van der Waals surface area contributed by atoms with Crippen LogP contribution in [0.15, 0.2) is 24.4 Å². The third-order valence-electron chi connectivity index (χ3n) is 4.92. The number of benzene rings is 1. The number of ether oxygens (including phenoxy) is 1. The SMILES string of the molecule is Cc1cc2nc(N(C[C@H]3CCCO3)C(=O)c3ccnn3C)sc2cc1C. The summed E-state index contributed by atoms with van der Waals surface area (Å²) in [5.74, 6) is -0.0898. The Morgan fingerprint density at radius 3 is 2.88 bits per heavy atom. The molecule has 1 fully saturated rings. The van der Waals surface area contributed by atoms with Crippen molar-refractivity contribution >= 4 is 32.6 Å². The van der Waals surface area contributed by atoms with Gasteiger partial charge < -0.3 is 4.74 Å². The molecular formula is C19H22N4O2S. The molecule has 3 aromatic rings. The average Bonchev–Trinajstić information content (AvgIpc) is 3.33. The molecule has 0 unspecified atom stereocenters. The molecule has 0 aliphatic carbocycles. The summed E-state index contributed by atoms with van der Waals surface area (Å²) in [5, 5.41) is 4.85. The van der Waals surface area contributed by atoms with Crippen LogP contribution in [0.1, 0.15) is 34.5 Å². The van der Waals surface area contributed by atoms with Crippen LogP contribution in [0.4, 0.5) is 5.13 Å². The minimum absolute atomic E-state index is 0.0580. The molecule has 0 N–H and O–H groups in total. The summed E-state index contributed by atoms with van der Waals surface area (Å²) in [6.45, 7) is 5.45. The molecule has 0 spiro atoms. The predicted molar refractivity (Wildman–Crippen MR) is 103 cm³/mol. The zero-order valence-corrected chi connectivity index (χ0v) is 16.0. The minimum Gasteiger partial charge on any atom is -0.376 e. The van der Waals surface area contributed by atoms with Crippen LogP contribution in [-0.2, 0) is 11.8 Å². The molecule has 0 saturated carbocycles. The first-order chi connectivity index (χ1) is 12.5. The Morgan fingerprint density at radius 2 is 2.19 bits per heavy atom. The number of hydrogen-bond donors (Lipinski definition) is 0. The summed E-state index contributed by atoms with van der Waals surface area (Å²) in [4.78, 5) is 19.7. The number of rotatable bonds is 4. The van der Waals surface area contributed by atoms with Gasteiger partial charge in [0.2, 0.25) is 0 Å². The summed E-state index contributed by atoms with van der Waals surface area (Å²) in [7, 11) is 1.78. The summed E-state index contributed by atoms with van der Waals surface area (Å²) in [5.41, 5.74) is 3.92. The average molecular weight is 370 g/mol. The molecule has 1 aromatic carbocycles. The zero-order valence-electron chi connectivity index (χ0n) is 15.2. The van der Waals surface area contributed by atoms with Crippen molar-refractivity contribution in [3.05, 3.63) is 41.2 Å². The van der Waals surface area contributed by atoms with E-state index in [0.29, 0.717) is 17.4 Å². The molecule has 1 atom stereocenters. The van der Waals surface area contributed by atoms with Gasteiger partial charge in [0.1, 0.15) is 5.69 Å². The zero-order chi connectivity index (χ0) is 18.3. The molecule has 1 saturated heterocycles. The van der Waals surface area contributed by atoms with Gasteiger partial charge in [0.25, 0.3) is 5.91 Å². The molecule has 3 heterocycles. The summed E-state index contributed by atoms with van der Waals surface area (Å²) < 4.78 is 8.47. The lowest BCUT2D eigenvalue weighted by Gasteiger charge is -2.22. The van der Waals surface area contributed by atoms with Gasteiger partial charge in [-0.15, -0.1) is 0 Å². The maximum absolute atomic E-state index is 13.2. The number of carbonyl (C=O) groups excluding carboxylic acids is 1. The second kappa shape index (κ2) is 6.81. The normalized spacial score (nSPS) is 17.1. The summed E-state index contributed by atoms with van der Waals surface area (Å²) >= 11 is 1.55. The molecule has 1 aliphatic rings. The number of hydrogen-bond acceptors (Lipinski definition) is 5. The lowest BCUT2D eigenvalue weighted by atomic mass is 10.1. The highest BCUT2D eigenvalue weighted by Gasteiger charge is 2.28. The molecule has 0 bridgehead atoms. The Bertz CT molecular complexity index is 917. The molecule has 26 heavy (non-hydrogen) atoms. The van der Waals surface area contributed by atoms with Crippen LogP contribution < -0.4 is 4.90 Å². The van der Waals surface area contributed by atoms with Crippen LogP contribution in [0.25, 0.3) is 10.2 Å². The van der Waals surface area contributed by atoms with E-state index in [9.17, 15) is 4.79 Å². The van der Waals surface area contributed by atoms with Crippen molar-refractivity contribution in [1.29, 1.82) is 0 Å². The minimum atomic E-state index is -0.0898. The van der Waals surface area contributed by atoms with Gasteiger partial charge in [-0.2, -0.15) is 5.10 Å². The van der Waals surface area contributed by atoms with E-state index >= 15 is 0 Å². The Kier molecular flexibility index (Phi) is 4.50. The largest absolute Gasteiger partial charge is 0.376 e. The first kappa shape index (κ1) is 17.2. The van der Waals surface area contributed by atoms with E-state index in [-0.39, 0.29) is 12.0 Å². The van der Waals surface area contributed by atoms with Crippen LogP contribution in [0, 0.1) is 13.8 Å². The van der Waals surface area contributed by atoms with Gasteiger partial charge in [-0.1, -0.05) is 11.3 Å².